The van der Waals surface area contributed by atoms with Crippen molar-refractivity contribution in [3.63, 3.8) is 0 Å². The lowest BCUT2D eigenvalue weighted by atomic mass is 9.86. The quantitative estimate of drug-likeness (QED) is 0.163. The number of ketones is 1. The number of hydrogen-bond acceptors (Lipinski definition) is 7. The molecule has 0 heterocycles. The summed E-state index contributed by atoms with van der Waals surface area (Å²) < 4.78 is 0. The maximum absolute atomic E-state index is 13.7. The van der Waals surface area contributed by atoms with E-state index in [1.165, 1.54) is 11.3 Å². The summed E-state index contributed by atoms with van der Waals surface area (Å²) in [6, 6.07) is 0.388. The van der Waals surface area contributed by atoms with Gasteiger partial charge in [-0.1, -0.05) is 39.0 Å². The standard InChI is InChI=1S/C35H61N5O6S/c1-25-11-8-9-14-29(25)37-34(46)36-27-15-17-28(18-16-27)38-35(2,3)30(41)23-39(20-10-22-47-4)31(42)24-40(21-19-32(43)44)33(45)26-12-6-5-7-13-26/h25-29,38H,5-24H2,1-4H3,(H,43,44)(H2,36,37,46). The molecule has 11 nitrogen and oxygen atoms in total. The van der Waals surface area contributed by atoms with Gasteiger partial charge in [-0.05, 0) is 89.6 Å². The summed E-state index contributed by atoms with van der Waals surface area (Å²) in [4.78, 5) is 67.7. The van der Waals surface area contributed by atoms with E-state index in [1.807, 2.05) is 20.1 Å². The van der Waals surface area contributed by atoms with Gasteiger partial charge in [0.05, 0.1) is 25.0 Å². The molecular formula is C35H61N5O6S. The first-order valence-corrected chi connectivity index (χ1v) is 19.4. The maximum Gasteiger partial charge on any atom is 0.315 e. The number of Topliss-reactive ketones (excluding diaryl/α,β-unsaturated/α-hetero) is 1. The van der Waals surface area contributed by atoms with Crippen molar-refractivity contribution in [3.05, 3.63) is 0 Å². The van der Waals surface area contributed by atoms with Crippen LogP contribution in [0.3, 0.4) is 0 Å². The third-order valence-electron chi connectivity index (χ3n) is 10.4. The number of thioether (sulfide) groups is 1. The maximum atomic E-state index is 13.7. The van der Waals surface area contributed by atoms with Crippen molar-refractivity contribution in [1.29, 1.82) is 0 Å². The molecule has 3 aliphatic rings. The molecule has 4 amide bonds. The second-order valence-corrected chi connectivity index (χ2v) is 15.6. The van der Waals surface area contributed by atoms with E-state index in [9.17, 15) is 29.1 Å². The van der Waals surface area contributed by atoms with Gasteiger partial charge in [0.25, 0.3) is 0 Å². The zero-order chi connectivity index (χ0) is 34.4. The number of carbonyl (C=O) groups is 5. The number of nitrogens with zero attached hydrogens (tertiary/aromatic N) is 2. The summed E-state index contributed by atoms with van der Waals surface area (Å²) in [5.74, 6) is -0.433. The van der Waals surface area contributed by atoms with Crippen molar-refractivity contribution < 1.29 is 29.1 Å². The number of aliphatic carboxylic acids is 1. The van der Waals surface area contributed by atoms with Crippen LogP contribution < -0.4 is 16.0 Å². The Balaban J connectivity index is 1.54. The first-order chi connectivity index (χ1) is 22.4. The molecule has 3 fully saturated rings. The van der Waals surface area contributed by atoms with Gasteiger partial charge in [0.15, 0.2) is 5.78 Å². The largest absolute Gasteiger partial charge is 0.481 e. The van der Waals surface area contributed by atoms with Gasteiger partial charge in [0, 0.05) is 37.1 Å². The molecular weight excluding hydrogens is 618 g/mol. The molecule has 0 aromatic rings. The minimum Gasteiger partial charge on any atom is -0.481 e. The topological polar surface area (TPSA) is 148 Å². The normalized spacial score (nSPS) is 23.8. The Labute approximate surface area is 286 Å². The van der Waals surface area contributed by atoms with E-state index in [-0.39, 0.29) is 73.7 Å². The number of amides is 4. The van der Waals surface area contributed by atoms with Gasteiger partial charge in [0.2, 0.25) is 11.8 Å². The van der Waals surface area contributed by atoms with E-state index in [2.05, 4.69) is 22.9 Å². The first-order valence-electron chi connectivity index (χ1n) is 18.0. The van der Waals surface area contributed by atoms with E-state index in [4.69, 9.17) is 0 Å². The van der Waals surface area contributed by atoms with Crippen molar-refractivity contribution in [2.24, 2.45) is 11.8 Å². The average Bonchev–Trinajstić information content (AvgIpc) is 3.04. The van der Waals surface area contributed by atoms with E-state index in [0.717, 1.165) is 82.8 Å². The molecule has 12 heteroatoms. The number of hydrogen-bond donors (Lipinski definition) is 4. The SMILES string of the molecule is CSCCCN(CC(=O)C(C)(C)NC1CCC(NC(=O)NC2CCCCC2C)CC1)C(=O)CN(CCC(=O)O)C(=O)C1CCCCC1. The number of carboxylic acids is 1. The van der Waals surface area contributed by atoms with Crippen LogP contribution in [-0.2, 0) is 19.2 Å². The second-order valence-electron chi connectivity index (χ2n) is 14.6. The van der Waals surface area contributed by atoms with E-state index >= 15 is 0 Å². The van der Waals surface area contributed by atoms with Crippen molar-refractivity contribution in [3.8, 4) is 0 Å². The third kappa shape index (κ3) is 13.2. The zero-order valence-corrected chi connectivity index (χ0v) is 30.1. The smallest absolute Gasteiger partial charge is 0.315 e. The Morgan fingerprint density at radius 3 is 2.06 bits per heavy atom. The number of carbonyl (C=O) groups excluding carboxylic acids is 4. The Hall–Kier alpha value is -2.34. The Morgan fingerprint density at radius 2 is 1.43 bits per heavy atom. The Morgan fingerprint density at radius 1 is 0.787 bits per heavy atom. The predicted octanol–water partition coefficient (Wildman–Crippen LogP) is 4.58. The molecule has 3 aliphatic carbocycles. The Kier molecular flexibility index (Phi) is 16.3. The minimum atomic E-state index is -1.01. The summed E-state index contributed by atoms with van der Waals surface area (Å²) in [5, 5.41) is 19.2. The molecule has 0 bridgehead atoms. The van der Waals surface area contributed by atoms with E-state index in [1.54, 1.807) is 16.7 Å². The monoisotopic (exact) mass is 679 g/mol. The summed E-state index contributed by atoms with van der Waals surface area (Å²) >= 11 is 1.67. The fourth-order valence-corrected chi connectivity index (χ4v) is 7.75. The summed E-state index contributed by atoms with van der Waals surface area (Å²) in [6.07, 6.45) is 14.9. The van der Waals surface area contributed by atoms with Gasteiger partial charge in [0.1, 0.15) is 0 Å². The molecule has 0 radical (unpaired) electrons. The second kappa shape index (κ2) is 19.6. The highest BCUT2D eigenvalue weighted by molar-refractivity contribution is 7.98. The molecule has 2 unspecified atom stereocenters. The van der Waals surface area contributed by atoms with E-state index in [0.29, 0.717) is 18.9 Å². The third-order valence-corrected chi connectivity index (χ3v) is 11.1. The molecule has 2 atom stereocenters. The number of rotatable bonds is 17. The van der Waals surface area contributed by atoms with Crippen LogP contribution in [0.15, 0.2) is 0 Å². The highest BCUT2D eigenvalue weighted by Crippen LogP contribution is 2.27. The van der Waals surface area contributed by atoms with Crippen LogP contribution in [0.5, 0.6) is 0 Å². The lowest BCUT2D eigenvalue weighted by molar-refractivity contribution is -0.146. The summed E-state index contributed by atoms with van der Waals surface area (Å²) in [5.41, 5.74) is -0.877. The van der Waals surface area contributed by atoms with Crippen LogP contribution in [0.1, 0.15) is 117 Å². The van der Waals surface area contributed by atoms with Crippen molar-refractivity contribution >= 4 is 41.4 Å². The lowest BCUT2D eigenvalue weighted by Gasteiger charge is -2.37. The molecule has 4 N–H and O–H groups in total. The number of nitrogens with one attached hydrogen (secondary N) is 3. The molecule has 0 aromatic carbocycles. The van der Waals surface area contributed by atoms with Crippen molar-refractivity contribution in [1.82, 2.24) is 25.8 Å². The molecule has 3 saturated carbocycles. The molecule has 3 rings (SSSR count). The first kappa shape index (κ1) is 39.1. The van der Waals surface area contributed by atoms with Gasteiger partial charge >= 0.3 is 12.0 Å². The molecule has 0 spiro atoms. The minimum absolute atomic E-state index is 0.0189. The Bertz CT molecular complexity index is 1040. The molecule has 268 valence electrons. The van der Waals surface area contributed by atoms with Crippen LogP contribution >= 0.6 is 11.8 Å². The molecule has 0 saturated heterocycles. The molecule has 0 aliphatic heterocycles. The van der Waals surface area contributed by atoms with Gasteiger partial charge < -0.3 is 30.9 Å². The zero-order valence-electron chi connectivity index (χ0n) is 29.3. The lowest BCUT2D eigenvalue weighted by Crippen LogP contribution is -2.57. The molecule has 0 aromatic heterocycles. The van der Waals surface area contributed by atoms with Crippen molar-refractivity contribution in [2.45, 2.75) is 141 Å². The fraction of sp³-hybridized carbons (Fsp3) is 0.857. The van der Waals surface area contributed by atoms with Crippen LogP contribution in [0.4, 0.5) is 4.79 Å². The average molecular weight is 680 g/mol. The van der Waals surface area contributed by atoms with Gasteiger partial charge in [-0.25, -0.2) is 4.79 Å². The van der Waals surface area contributed by atoms with Crippen molar-refractivity contribution in [2.75, 3.05) is 38.2 Å². The fourth-order valence-electron chi connectivity index (χ4n) is 7.33. The summed E-state index contributed by atoms with van der Waals surface area (Å²) in [6.45, 7) is 6.00. The molecule has 47 heavy (non-hydrogen) atoms. The van der Waals surface area contributed by atoms with Gasteiger partial charge in [-0.3, -0.25) is 19.2 Å². The van der Waals surface area contributed by atoms with Crippen LogP contribution in [0.2, 0.25) is 0 Å². The predicted molar refractivity (Wildman–Crippen MR) is 186 cm³/mol. The summed E-state index contributed by atoms with van der Waals surface area (Å²) in [7, 11) is 0. The number of urea groups is 1. The highest BCUT2D eigenvalue weighted by atomic mass is 32.2. The van der Waals surface area contributed by atoms with Crippen LogP contribution in [0, 0.1) is 11.8 Å². The van der Waals surface area contributed by atoms with Crippen LogP contribution in [-0.4, -0.2) is 106 Å². The van der Waals surface area contributed by atoms with E-state index < -0.39 is 11.5 Å². The highest BCUT2D eigenvalue weighted by Gasteiger charge is 2.35. The van der Waals surface area contributed by atoms with Crippen LogP contribution in [0.25, 0.3) is 0 Å². The van der Waals surface area contributed by atoms with Gasteiger partial charge in [-0.2, -0.15) is 11.8 Å². The van der Waals surface area contributed by atoms with Gasteiger partial charge in [-0.15, -0.1) is 0 Å². The number of carboxylic acid groups (broad SMARTS) is 1.